The lowest BCUT2D eigenvalue weighted by Crippen LogP contribution is -2.71. The van der Waals surface area contributed by atoms with Crippen molar-refractivity contribution in [2.24, 2.45) is 0 Å². The summed E-state index contributed by atoms with van der Waals surface area (Å²) < 4.78 is 5.36. The molecule has 0 radical (unpaired) electrons. The number of pyridine rings is 1. The molecule has 1 unspecified atom stereocenters. The van der Waals surface area contributed by atoms with E-state index in [0.29, 0.717) is 24.5 Å². The van der Waals surface area contributed by atoms with Crippen molar-refractivity contribution in [3.05, 3.63) is 35.5 Å². The van der Waals surface area contributed by atoms with Crippen LogP contribution in [-0.4, -0.2) is 57.8 Å². The first-order valence-electron chi connectivity index (χ1n) is 8.51. The second-order valence-electron chi connectivity index (χ2n) is 6.67. The SMILES string of the molecule is Cc1nnc(-c2ccc3cnc(NC(=O)CN4CC5OC[C@@H]54)cc3c2)s1. The monoisotopic (exact) mass is 367 g/mol. The molecule has 2 saturated heterocycles. The number of morpholine rings is 1. The van der Waals surface area contributed by atoms with Gasteiger partial charge in [-0.2, -0.15) is 0 Å². The normalized spacial score (nSPS) is 21.7. The van der Waals surface area contributed by atoms with E-state index in [4.69, 9.17) is 4.74 Å². The van der Waals surface area contributed by atoms with Gasteiger partial charge in [-0.3, -0.25) is 9.69 Å². The van der Waals surface area contributed by atoms with E-state index in [1.165, 1.54) is 0 Å². The molecule has 4 heterocycles. The van der Waals surface area contributed by atoms with Gasteiger partial charge in [0.15, 0.2) is 0 Å². The fourth-order valence-corrected chi connectivity index (χ4v) is 4.05. The fourth-order valence-electron chi connectivity index (χ4n) is 3.37. The molecule has 2 fully saturated rings. The molecule has 1 aromatic carbocycles. The number of nitrogens with one attached hydrogen (secondary N) is 1. The van der Waals surface area contributed by atoms with Crippen molar-refractivity contribution in [3.63, 3.8) is 0 Å². The van der Waals surface area contributed by atoms with E-state index in [2.05, 4.69) is 31.5 Å². The summed E-state index contributed by atoms with van der Waals surface area (Å²) in [6.07, 6.45) is 2.11. The van der Waals surface area contributed by atoms with Gasteiger partial charge in [0, 0.05) is 23.7 Å². The summed E-state index contributed by atoms with van der Waals surface area (Å²) >= 11 is 1.56. The molecule has 1 N–H and O–H groups in total. The van der Waals surface area contributed by atoms with E-state index in [0.717, 1.165) is 39.5 Å². The van der Waals surface area contributed by atoms with Gasteiger partial charge in [0.1, 0.15) is 15.8 Å². The van der Waals surface area contributed by atoms with E-state index in [-0.39, 0.29) is 5.91 Å². The topological polar surface area (TPSA) is 80.2 Å². The van der Waals surface area contributed by atoms with Crippen molar-refractivity contribution in [2.45, 2.75) is 19.1 Å². The smallest absolute Gasteiger partial charge is 0.239 e. The van der Waals surface area contributed by atoms with Crippen LogP contribution in [-0.2, 0) is 9.53 Å². The van der Waals surface area contributed by atoms with E-state index < -0.39 is 0 Å². The number of likely N-dealkylation sites (tertiary alicyclic amines) is 1. The first-order chi connectivity index (χ1) is 12.7. The lowest BCUT2D eigenvalue weighted by atomic mass is 9.95. The average molecular weight is 367 g/mol. The number of hydrogen-bond donors (Lipinski definition) is 1. The number of fused-ring (bicyclic) bond motifs is 2. The number of carbonyl (C=O) groups excluding carboxylic acids is 1. The molecule has 1 amide bonds. The van der Waals surface area contributed by atoms with Gasteiger partial charge >= 0.3 is 0 Å². The van der Waals surface area contributed by atoms with Crippen LogP contribution in [0.3, 0.4) is 0 Å². The molecule has 26 heavy (non-hydrogen) atoms. The highest BCUT2D eigenvalue weighted by Crippen LogP contribution is 2.30. The minimum absolute atomic E-state index is 0.0434. The number of benzene rings is 1. The zero-order chi connectivity index (χ0) is 17.7. The number of aromatic nitrogens is 3. The van der Waals surface area contributed by atoms with Crippen LogP contribution in [0.4, 0.5) is 5.82 Å². The van der Waals surface area contributed by atoms with Crippen molar-refractivity contribution >= 4 is 33.8 Å². The van der Waals surface area contributed by atoms with Crippen LogP contribution in [0.2, 0.25) is 0 Å². The van der Waals surface area contributed by atoms with Crippen molar-refractivity contribution in [1.29, 1.82) is 0 Å². The van der Waals surface area contributed by atoms with E-state index >= 15 is 0 Å². The number of anilines is 1. The maximum Gasteiger partial charge on any atom is 0.239 e. The number of hydrogen-bond acceptors (Lipinski definition) is 7. The summed E-state index contributed by atoms with van der Waals surface area (Å²) in [6.45, 7) is 3.90. The summed E-state index contributed by atoms with van der Waals surface area (Å²) in [7, 11) is 0. The molecule has 2 aliphatic heterocycles. The quantitative estimate of drug-likeness (QED) is 0.761. The molecule has 5 rings (SSSR count). The standard InChI is InChI=1S/C18H17N5O2S/c1-10-21-22-18(26-10)11-2-3-12-6-19-16(5-13(12)4-11)20-17(24)8-23-7-15-14(23)9-25-15/h2-6,14-15H,7-9H2,1H3,(H,19,20,24)/t14-,15?/m0/s1. The van der Waals surface area contributed by atoms with Crippen LogP contribution >= 0.6 is 11.3 Å². The maximum absolute atomic E-state index is 12.3. The summed E-state index contributed by atoms with van der Waals surface area (Å²) in [5.41, 5.74) is 1.02. The maximum atomic E-state index is 12.3. The van der Waals surface area contributed by atoms with Crippen LogP contribution in [0.1, 0.15) is 5.01 Å². The largest absolute Gasteiger partial charge is 0.373 e. The molecule has 0 spiro atoms. The predicted molar refractivity (Wildman–Crippen MR) is 99.1 cm³/mol. The van der Waals surface area contributed by atoms with E-state index in [1.54, 1.807) is 17.5 Å². The Balaban J connectivity index is 1.33. The highest BCUT2D eigenvalue weighted by molar-refractivity contribution is 7.14. The molecule has 2 aromatic heterocycles. The van der Waals surface area contributed by atoms with Gasteiger partial charge in [-0.15, -0.1) is 10.2 Å². The Labute approximate surface area is 154 Å². The highest BCUT2D eigenvalue weighted by atomic mass is 32.1. The zero-order valence-electron chi connectivity index (χ0n) is 14.2. The highest BCUT2D eigenvalue weighted by Gasteiger charge is 2.47. The van der Waals surface area contributed by atoms with Crippen molar-refractivity contribution in [2.75, 3.05) is 25.0 Å². The third-order valence-electron chi connectivity index (χ3n) is 4.90. The number of carbonyl (C=O) groups is 1. The first-order valence-corrected chi connectivity index (χ1v) is 9.33. The summed E-state index contributed by atoms with van der Waals surface area (Å²) in [4.78, 5) is 18.8. The molecule has 0 bridgehead atoms. The van der Waals surface area contributed by atoms with Crippen molar-refractivity contribution in [3.8, 4) is 10.6 Å². The zero-order valence-corrected chi connectivity index (χ0v) is 15.0. The molecule has 0 aliphatic carbocycles. The molecule has 132 valence electrons. The molecule has 3 aromatic rings. The van der Waals surface area contributed by atoms with Gasteiger partial charge in [-0.05, 0) is 24.4 Å². The Bertz CT molecular complexity index is 1000. The molecule has 0 saturated carbocycles. The predicted octanol–water partition coefficient (Wildman–Crippen LogP) is 2.08. The minimum atomic E-state index is -0.0434. The minimum Gasteiger partial charge on any atom is -0.373 e. The van der Waals surface area contributed by atoms with E-state index in [1.807, 2.05) is 25.1 Å². The Morgan fingerprint density at radius 1 is 1.35 bits per heavy atom. The number of rotatable bonds is 4. The third kappa shape index (κ3) is 2.76. The first kappa shape index (κ1) is 15.8. The number of ether oxygens (including phenoxy) is 1. The summed E-state index contributed by atoms with van der Waals surface area (Å²) in [5, 5.41) is 15.0. The number of nitrogens with zero attached hydrogens (tertiary/aromatic N) is 4. The van der Waals surface area contributed by atoms with Crippen LogP contribution in [0.5, 0.6) is 0 Å². The Hall–Kier alpha value is -2.42. The van der Waals surface area contributed by atoms with Gasteiger partial charge in [-0.1, -0.05) is 23.5 Å². The molecule has 7 nitrogen and oxygen atoms in total. The lowest BCUT2D eigenvalue weighted by molar-refractivity contribution is -0.212. The van der Waals surface area contributed by atoms with Crippen LogP contribution in [0.15, 0.2) is 30.5 Å². The van der Waals surface area contributed by atoms with Gasteiger partial charge in [0.2, 0.25) is 5.91 Å². The fraction of sp³-hybridized carbons (Fsp3) is 0.333. The third-order valence-corrected chi connectivity index (χ3v) is 5.79. The Morgan fingerprint density at radius 3 is 2.96 bits per heavy atom. The van der Waals surface area contributed by atoms with Gasteiger partial charge < -0.3 is 10.1 Å². The van der Waals surface area contributed by atoms with E-state index in [9.17, 15) is 4.79 Å². The Kier molecular flexibility index (Phi) is 3.70. The van der Waals surface area contributed by atoms with Crippen LogP contribution in [0.25, 0.3) is 21.3 Å². The molecule has 2 aliphatic rings. The molecule has 8 heteroatoms. The lowest BCUT2D eigenvalue weighted by Gasteiger charge is -2.54. The Morgan fingerprint density at radius 2 is 2.27 bits per heavy atom. The molecular weight excluding hydrogens is 350 g/mol. The van der Waals surface area contributed by atoms with Gasteiger partial charge in [0.05, 0.1) is 25.3 Å². The number of amides is 1. The van der Waals surface area contributed by atoms with Crippen molar-refractivity contribution in [1.82, 2.24) is 20.1 Å². The second kappa shape index (κ2) is 6.08. The summed E-state index contributed by atoms with van der Waals surface area (Å²) in [5.74, 6) is 0.521. The average Bonchev–Trinajstić information content (AvgIpc) is 3.04. The van der Waals surface area contributed by atoms with Crippen molar-refractivity contribution < 1.29 is 9.53 Å². The van der Waals surface area contributed by atoms with Gasteiger partial charge in [0.25, 0.3) is 0 Å². The molecule has 2 atom stereocenters. The molecular formula is C18H17N5O2S. The number of aryl methyl sites for hydroxylation is 1. The van der Waals surface area contributed by atoms with Crippen LogP contribution < -0.4 is 5.32 Å². The van der Waals surface area contributed by atoms with Crippen LogP contribution in [0, 0.1) is 6.92 Å². The van der Waals surface area contributed by atoms with Gasteiger partial charge in [-0.25, -0.2) is 4.98 Å². The summed E-state index contributed by atoms with van der Waals surface area (Å²) in [6, 6.07) is 8.40. The second-order valence-corrected chi connectivity index (χ2v) is 7.86.